The maximum Gasteiger partial charge on any atom is 0.258 e. The summed E-state index contributed by atoms with van der Waals surface area (Å²) in [6, 6.07) is 3.50. The van der Waals surface area contributed by atoms with E-state index in [0.717, 1.165) is 0 Å². The minimum Gasteiger partial charge on any atom is -0.394 e. The van der Waals surface area contributed by atoms with Crippen LogP contribution in [0.25, 0.3) is 0 Å². The molecule has 4 N–H and O–H groups in total. The van der Waals surface area contributed by atoms with Crippen LogP contribution in [0.4, 0.5) is 0 Å². The van der Waals surface area contributed by atoms with Gasteiger partial charge in [-0.1, -0.05) is 6.07 Å². The van der Waals surface area contributed by atoms with Gasteiger partial charge in [-0.15, -0.1) is 11.3 Å². The molecular weight excluding hydrogens is 190 g/mol. The lowest BCUT2D eigenvalue weighted by Gasteiger charge is -1.90. The molecule has 0 aliphatic rings. The molecule has 0 aromatic carbocycles. The zero-order valence-corrected chi connectivity index (χ0v) is 8.12. The van der Waals surface area contributed by atoms with Crippen molar-refractivity contribution in [3.8, 4) is 0 Å². The highest BCUT2D eigenvalue weighted by Gasteiger charge is 1.96. The summed E-state index contributed by atoms with van der Waals surface area (Å²) < 4.78 is 0. The maximum absolute atomic E-state index is 10.3. The van der Waals surface area contributed by atoms with Gasteiger partial charge in [-0.05, 0) is 18.4 Å². The van der Waals surface area contributed by atoms with Gasteiger partial charge in [-0.3, -0.25) is 4.79 Å². The Morgan fingerprint density at radius 1 is 1.77 bits per heavy atom. The van der Waals surface area contributed by atoms with Gasteiger partial charge in [0.1, 0.15) is 0 Å². The first-order valence-electron chi connectivity index (χ1n) is 3.70. The second kappa shape index (κ2) is 6.59. The molecule has 0 radical (unpaired) electrons. The van der Waals surface area contributed by atoms with Gasteiger partial charge < -0.3 is 15.9 Å². The summed E-state index contributed by atoms with van der Waals surface area (Å²) in [6.07, 6.45) is -0.560. The van der Waals surface area contributed by atoms with Gasteiger partial charge in [-0.25, -0.2) is 0 Å². The van der Waals surface area contributed by atoms with Crippen LogP contribution in [0.15, 0.2) is 17.5 Å². The third-order valence-corrected chi connectivity index (χ3v) is 1.91. The molecule has 4 nitrogen and oxygen atoms in total. The van der Waals surface area contributed by atoms with Crippen LogP contribution in [0.5, 0.6) is 0 Å². The minimum absolute atomic E-state index is 0.139. The van der Waals surface area contributed by atoms with Crippen molar-refractivity contribution in [1.82, 2.24) is 0 Å². The number of hydrogen-bond acceptors (Lipinski definition) is 4. The quantitative estimate of drug-likeness (QED) is 0.642. The Kier molecular flexibility index (Phi) is 6.13. The molecule has 13 heavy (non-hydrogen) atoms. The normalized spacial score (nSPS) is 11.3. The Bertz CT molecular complexity index is 234. The van der Waals surface area contributed by atoms with Crippen molar-refractivity contribution in [3.05, 3.63) is 22.4 Å². The van der Waals surface area contributed by atoms with Crippen molar-refractivity contribution in [2.24, 2.45) is 5.73 Å². The van der Waals surface area contributed by atoms with Crippen molar-refractivity contribution in [2.75, 3.05) is 6.61 Å². The second-order valence-corrected chi connectivity index (χ2v) is 3.32. The molecular formula is C8H13NO3S. The summed E-state index contributed by atoms with van der Waals surface area (Å²) in [4.78, 5) is 10.9. The lowest BCUT2D eigenvalue weighted by molar-refractivity contribution is 0.100. The van der Waals surface area contributed by atoms with E-state index in [9.17, 15) is 4.79 Å². The monoisotopic (exact) mass is 203 g/mol. The zero-order chi connectivity index (χ0) is 10.3. The number of aliphatic hydroxyl groups excluding tert-OH is 2. The lowest BCUT2D eigenvalue weighted by Crippen LogP contribution is -2.07. The van der Waals surface area contributed by atoms with Gasteiger partial charge in [-0.2, -0.15) is 0 Å². The van der Waals surface area contributed by atoms with E-state index < -0.39 is 6.10 Å². The number of carbonyl (C=O) groups is 1. The summed E-state index contributed by atoms with van der Waals surface area (Å²) in [5, 5.41) is 17.8. The zero-order valence-electron chi connectivity index (χ0n) is 7.30. The molecule has 0 saturated heterocycles. The first kappa shape index (κ1) is 12.1. The Balaban J connectivity index is 0.000000252. The lowest BCUT2D eigenvalue weighted by atomic mass is 10.5. The van der Waals surface area contributed by atoms with Gasteiger partial charge in [0.15, 0.2) is 0 Å². The number of aliphatic hydroxyl groups is 2. The predicted molar refractivity (Wildman–Crippen MR) is 51.6 cm³/mol. The second-order valence-electron chi connectivity index (χ2n) is 2.37. The van der Waals surface area contributed by atoms with Crippen molar-refractivity contribution in [2.45, 2.75) is 13.0 Å². The molecule has 0 aliphatic carbocycles. The molecule has 1 atom stereocenters. The smallest absolute Gasteiger partial charge is 0.258 e. The summed E-state index contributed by atoms with van der Waals surface area (Å²) in [5.41, 5.74) is 4.93. The fraction of sp³-hybridized carbons (Fsp3) is 0.375. The van der Waals surface area contributed by atoms with Crippen molar-refractivity contribution in [3.63, 3.8) is 0 Å². The number of primary amides is 1. The number of carbonyl (C=O) groups excluding carboxylic acids is 1. The highest BCUT2D eigenvalue weighted by Crippen LogP contribution is 2.05. The third-order valence-electron chi connectivity index (χ3n) is 1.03. The van der Waals surface area contributed by atoms with Crippen LogP contribution in [0.2, 0.25) is 0 Å². The number of amides is 1. The number of thiophene rings is 1. The molecule has 0 aliphatic heterocycles. The van der Waals surface area contributed by atoms with E-state index in [4.69, 9.17) is 15.9 Å². The molecule has 1 amide bonds. The van der Waals surface area contributed by atoms with E-state index >= 15 is 0 Å². The van der Waals surface area contributed by atoms with Crippen molar-refractivity contribution < 1.29 is 15.0 Å². The fourth-order valence-electron chi connectivity index (χ4n) is 0.419. The van der Waals surface area contributed by atoms with Gasteiger partial charge in [0.25, 0.3) is 5.91 Å². The summed E-state index contributed by atoms with van der Waals surface area (Å²) in [5.74, 6) is -0.347. The van der Waals surface area contributed by atoms with Gasteiger partial charge in [0.2, 0.25) is 0 Å². The van der Waals surface area contributed by atoms with Crippen molar-refractivity contribution >= 4 is 17.2 Å². The summed E-state index contributed by atoms with van der Waals surface area (Å²) in [7, 11) is 0. The number of nitrogens with two attached hydrogens (primary N) is 1. The number of rotatable bonds is 2. The first-order chi connectivity index (χ1) is 6.07. The minimum atomic E-state index is -0.560. The van der Waals surface area contributed by atoms with E-state index in [1.54, 1.807) is 12.1 Å². The largest absolute Gasteiger partial charge is 0.394 e. The van der Waals surface area contributed by atoms with E-state index in [1.165, 1.54) is 18.3 Å². The highest BCUT2D eigenvalue weighted by atomic mass is 32.1. The van der Waals surface area contributed by atoms with Crippen LogP contribution >= 0.6 is 11.3 Å². The predicted octanol–water partition coefficient (Wildman–Crippen LogP) is 0.207. The van der Waals surface area contributed by atoms with E-state index in [2.05, 4.69) is 0 Å². The average Bonchev–Trinajstić information content (AvgIpc) is 2.57. The van der Waals surface area contributed by atoms with E-state index in [1.807, 2.05) is 5.38 Å². The molecule has 0 fully saturated rings. The Morgan fingerprint density at radius 3 is 2.46 bits per heavy atom. The van der Waals surface area contributed by atoms with Gasteiger partial charge >= 0.3 is 0 Å². The molecule has 1 rings (SSSR count). The van der Waals surface area contributed by atoms with Crippen LogP contribution in [0.1, 0.15) is 16.6 Å². The molecule has 5 heteroatoms. The first-order valence-corrected chi connectivity index (χ1v) is 4.58. The number of hydrogen-bond donors (Lipinski definition) is 3. The maximum atomic E-state index is 10.3. The van der Waals surface area contributed by atoms with Crippen LogP contribution in [0.3, 0.4) is 0 Å². The topological polar surface area (TPSA) is 83.6 Å². The third kappa shape index (κ3) is 6.27. The Labute approximate surface area is 80.6 Å². The standard InChI is InChI=1S/C5H5NOS.C3H8O2/c6-5(7)4-2-1-3-8-4;1-3(5)2-4/h1-3H,(H2,6,7);3-5H,2H2,1H3. The SMILES string of the molecule is CC(O)CO.NC(=O)c1cccs1. The average molecular weight is 203 g/mol. The van der Waals surface area contributed by atoms with Crippen LogP contribution in [0, 0.1) is 0 Å². The molecule has 1 unspecified atom stereocenters. The molecule has 0 saturated carbocycles. The van der Waals surface area contributed by atoms with E-state index in [0.29, 0.717) is 4.88 Å². The molecule has 1 heterocycles. The van der Waals surface area contributed by atoms with Gasteiger partial charge in [0, 0.05) is 0 Å². The summed E-state index contributed by atoms with van der Waals surface area (Å²) >= 11 is 1.36. The van der Waals surface area contributed by atoms with Gasteiger partial charge in [0.05, 0.1) is 17.6 Å². The van der Waals surface area contributed by atoms with Crippen LogP contribution < -0.4 is 5.73 Å². The molecule has 1 aromatic heterocycles. The molecule has 0 spiro atoms. The molecule has 0 bridgehead atoms. The van der Waals surface area contributed by atoms with Crippen LogP contribution in [-0.4, -0.2) is 28.8 Å². The fourth-order valence-corrected chi connectivity index (χ4v) is 0.996. The highest BCUT2D eigenvalue weighted by molar-refractivity contribution is 7.12. The van der Waals surface area contributed by atoms with Crippen LogP contribution in [-0.2, 0) is 0 Å². The van der Waals surface area contributed by atoms with Crippen molar-refractivity contribution in [1.29, 1.82) is 0 Å². The Morgan fingerprint density at radius 2 is 2.31 bits per heavy atom. The van der Waals surface area contributed by atoms with E-state index in [-0.39, 0.29) is 12.5 Å². The summed E-state index contributed by atoms with van der Waals surface area (Å²) in [6.45, 7) is 1.39. The molecule has 1 aromatic rings. The Hall–Kier alpha value is -0.910. The molecule has 74 valence electrons.